The lowest BCUT2D eigenvalue weighted by atomic mass is 9.98. The first-order valence-electron chi connectivity index (χ1n) is 6.33. The van der Waals surface area contributed by atoms with E-state index in [2.05, 4.69) is 5.32 Å². The quantitative estimate of drug-likeness (QED) is 0.894. The zero-order valence-corrected chi connectivity index (χ0v) is 11.5. The van der Waals surface area contributed by atoms with Gasteiger partial charge in [-0.05, 0) is 23.8 Å². The zero-order valence-electron chi connectivity index (χ0n) is 10.8. The van der Waals surface area contributed by atoms with Crippen molar-refractivity contribution in [2.75, 3.05) is 32.8 Å². The smallest absolute Gasteiger partial charge is 0.289 e. The number of nitrogens with zero attached hydrogens (tertiary/aromatic N) is 1. The maximum absolute atomic E-state index is 14.1. The molecule has 1 saturated heterocycles. The predicted octanol–water partition coefficient (Wildman–Crippen LogP) is 2.05. The highest BCUT2D eigenvalue weighted by molar-refractivity contribution is 6.30. The highest BCUT2D eigenvalue weighted by Gasteiger charge is 2.44. The average molecular weight is 309 g/mol. The summed E-state index contributed by atoms with van der Waals surface area (Å²) in [6, 6.07) is 2.04. The second-order valence-corrected chi connectivity index (χ2v) is 5.25. The fraction of sp³-hybridized carbons (Fsp3) is 0.538. The van der Waals surface area contributed by atoms with Crippen LogP contribution in [0.1, 0.15) is 11.6 Å². The molecule has 2 rings (SSSR count). The van der Waals surface area contributed by atoms with Crippen molar-refractivity contribution in [1.82, 2.24) is 10.2 Å². The van der Waals surface area contributed by atoms with Crippen molar-refractivity contribution in [1.29, 1.82) is 0 Å². The molecular weight excluding hydrogens is 293 g/mol. The number of piperazine rings is 1. The van der Waals surface area contributed by atoms with E-state index in [0.717, 1.165) is 12.1 Å². The van der Waals surface area contributed by atoms with Crippen molar-refractivity contribution in [2.45, 2.75) is 12.0 Å². The van der Waals surface area contributed by atoms with Crippen LogP contribution in [0.5, 0.6) is 0 Å². The van der Waals surface area contributed by atoms with Gasteiger partial charge in [0.05, 0.1) is 0 Å². The summed E-state index contributed by atoms with van der Waals surface area (Å²) in [4.78, 5) is 1.54. The fourth-order valence-electron chi connectivity index (χ4n) is 2.48. The summed E-state index contributed by atoms with van der Waals surface area (Å²) in [5.41, 5.74) is 0.0796. The van der Waals surface area contributed by atoms with Crippen molar-refractivity contribution >= 4 is 11.6 Å². The molecule has 1 heterocycles. The average Bonchev–Trinajstić information content (AvgIpc) is 2.39. The van der Waals surface area contributed by atoms with Gasteiger partial charge in [-0.25, -0.2) is 13.2 Å². The van der Waals surface area contributed by atoms with Crippen molar-refractivity contribution in [2.24, 2.45) is 0 Å². The normalized spacial score (nSPS) is 19.1. The van der Waals surface area contributed by atoms with Gasteiger partial charge in [0.25, 0.3) is 5.92 Å². The Hall–Kier alpha value is -0.820. The van der Waals surface area contributed by atoms with E-state index in [0.29, 0.717) is 26.2 Å². The topological polar surface area (TPSA) is 35.5 Å². The number of alkyl halides is 2. The molecule has 0 aliphatic carbocycles. The van der Waals surface area contributed by atoms with Crippen molar-refractivity contribution < 1.29 is 18.3 Å². The SMILES string of the molecule is OCC(F)(F)[C@H](c1cc(F)cc(Cl)c1)N1CCNCC1. The number of halogens is 4. The van der Waals surface area contributed by atoms with Crippen LogP contribution in [0.15, 0.2) is 18.2 Å². The molecule has 0 amide bonds. The Morgan fingerprint density at radius 1 is 1.30 bits per heavy atom. The van der Waals surface area contributed by atoms with Crippen LogP contribution in [0.2, 0.25) is 5.02 Å². The summed E-state index contributed by atoms with van der Waals surface area (Å²) in [6.45, 7) is 0.640. The second kappa shape index (κ2) is 6.30. The van der Waals surface area contributed by atoms with Crippen LogP contribution in [0.25, 0.3) is 0 Å². The molecule has 0 saturated carbocycles. The van der Waals surface area contributed by atoms with Gasteiger partial charge < -0.3 is 10.4 Å². The molecule has 1 fully saturated rings. The Morgan fingerprint density at radius 2 is 1.95 bits per heavy atom. The maximum atomic E-state index is 14.1. The van der Waals surface area contributed by atoms with Crippen LogP contribution >= 0.6 is 11.6 Å². The molecule has 1 aliphatic heterocycles. The number of hydrogen-bond donors (Lipinski definition) is 2. The minimum Gasteiger partial charge on any atom is -0.390 e. The standard InChI is InChI=1S/C13H16ClF3N2O/c14-10-5-9(6-11(15)7-10)12(13(16,17)8-20)19-3-1-18-2-4-19/h5-7,12,18,20H,1-4,8H2/t12-/m0/s1. The van der Waals surface area contributed by atoms with Gasteiger partial charge in [0.15, 0.2) is 0 Å². The van der Waals surface area contributed by atoms with Gasteiger partial charge in [-0.3, -0.25) is 4.90 Å². The van der Waals surface area contributed by atoms with Crippen LogP contribution in [0.3, 0.4) is 0 Å². The first-order valence-corrected chi connectivity index (χ1v) is 6.71. The molecule has 0 bridgehead atoms. The highest BCUT2D eigenvalue weighted by atomic mass is 35.5. The van der Waals surface area contributed by atoms with Crippen LogP contribution in [0, 0.1) is 5.82 Å². The van der Waals surface area contributed by atoms with Crippen LogP contribution < -0.4 is 5.32 Å². The summed E-state index contributed by atoms with van der Waals surface area (Å²) < 4.78 is 41.6. The highest BCUT2D eigenvalue weighted by Crippen LogP contribution is 2.37. The van der Waals surface area contributed by atoms with E-state index in [9.17, 15) is 13.2 Å². The Bertz CT molecular complexity index is 447. The number of hydrogen-bond acceptors (Lipinski definition) is 3. The second-order valence-electron chi connectivity index (χ2n) is 4.81. The van der Waals surface area contributed by atoms with Crippen LogP contribution in [-0.2, 0) is 0 Å². The molecule has 112 valence electrons. The number of aliphatic hydroxyl groups excluding tert-OH is 1. The van der Waals surface area contributed by atoms with Gasteiger partial charge >= 0.3 is 0 Å². The Balaban J connectivity index is 2.39. The van der Waals surface area contributed by atoms with E-state index >= 15 is 0 Å². The fourth-order valence-corrected chi connectivity index (χ4v) is 2.71. The molecule has 0 unspecified atom stereocenters. The molecule has 3 nitrogen and oxygen atoms in total. The van der Waals surface area contributed by atoms with Crippen LogP contribution in [0.4, 0.5) is 13.2 Å². The van der Waals surface area contributed by atoms with E-state index < -0.39 is 24.4 Å². The van der Waals surface area contributed by atoms with Gasteiger partial charge in [-0.15, -0.1) is 0 Å². The molecule has 1 aliphatic rings. The lowest BCUT2D eigenvalue weighted by molar-refractivity contribution is -0.118. The molecule has 0 radical (unpaired) electrons. The predicted molar refractivity (Wildman–Crippen MR) is 70.6 cm³/mol. The molecule has 2 N–H and O–H groups in total. The van der Waals surface area contributed by atoms with Gasteiger partial charge in [-0.2, -0.15) is 0 Å². The third-order valence-electron chi connectivity index (χ3n) is 3.33. The number of rotatable bonds is 4. The molecule has 1 aromatic rings. The lowest BCUT2D eigenvalue weighted by Gasteiger charge is -2.38. The minimum absolute atomic E-state index is 0.0638. The third-order valence-corrected chi connectivity index (χ3v) is 3.55. The molecule has 1 aromatic carbocycles. The van der Waals surface area contributed by atoms with E-state index in [1.165, 1.54) is 11.0 Å². The minimum atomic E-state index is -3.37. The van der Waals surface area contributed by atoms with E-state index in [4.69, 9.17) is 16.7 Å². The zero-order chi connectivity index (χ0) is 14.8. The van der Waals surface area contributed by atoms with Gasteiger partial charge in [0, 0.05) is 31.2 Å². The first kappa shape index (κ1) is 15.6. The lowest BCUT2D eigenvalue weighted by Crippen LogP contribution is -2.51. The van der Waals surface area contributed by atoms with Crippen molar-refractivity contribution in [3.05, 3.63) is 34.6 Å². The summed E-state index contributed by atoms with van der Waals surface area (Å²) in [7, 11) is 0. The summed E-state index contributed by atoms with van der Waals surface area (Å²) in [6.07, 6.45) is 0. The molecular formula is C13H16ClF3N2O. The van der Waals surface area contributed by atoms with Crippen LogP contribution in [-0.4, -0.2) is 48.7 Å². The Labute approximate surface area is 120 Å². The molecule has 0 aromatic heterocycles. The monoisotopic (exact) mass is 308 g/mol. The van der Waals surface area contributed by atoms with E-state index in [1.807, 2.05) is 0 Å². The Morgan fingerprint density at radius 3 is 2.50 bits per heavy atom. The van der Waals surface area contributed by atoms with E-state index in [1.54, 1.807) is 0 Å². The van der Waals surface area contributed by atoms with Gasteiger partial charge in [0.2, 0.25) is 0 Å². The molecule has 20 heavy (non-hydrogen) atoms. The first-order chi connectivity index (χ1) is 9.44. The molecule has 7 heteroatoms. The summed E-state index contributed by atoms with van der Waals surface area (Å²) >= 11 is 5.75. The van der Waals surface area contributed by atoms with Crippen molar-refractivity contribution in [3.63, 3.8) is 0 Å². The van der Waals surface area contributed by atoms with Gasteiger partial charge in [-0.1, -0.05) is 11.6 Å². The number of benzene rings is 1. The summed E-state index contributed by atoms with van der Waals surface area (Å²) in [5, 5.41) is 12.1. The summed E-state index contributed by atoms with van der Waals surface area (Å²) in [5.74, 6) is -4.03. The third kappa shape index (κ3) is 3.44. The number of nitrogens with one attached hydrogen (secondary N) is 1. The van der Waals surface area contributed by atoms with E-state index in [-0.39, 0.29) is 10.6 Å². The maximum Gasteiger partial charge on any atom is 0.289 e. The largest absolute Gasteiger partial charge is 0.390 e. The molecule has 1 atom stereocenters. The van der Waals surface area contributed by atoms with Crippen molar-refractivity contribution in [3.8, 4) is 0 Å². The Kier molecular flexibility index (Phi) is 4.90. The van der Waals surface area contributed by atoms with Gasteiger partial charge in [0.1, 0.15) is 18.5 Å². The molecule has 0 spiro atoms. The number of aliphatic hydroxyl groups is 1.